The first-order valence-corrected chi connectivity index (χ1v) is 9.37. The van der Waals surface area contributed by atoms with Crippen molar-refractivity contribution in [3.05, 3.63) is 65.7 Å². The summed E-state index contributed by atoms with van der Waals surface area (Å²) < 4.78 is 30.7. The molecule has 3 nitrogen and oxygen atoms in total. The van der Waals surface area contributed by atoms with Crippen LogP contribution in [0.15, 0.2) is 59.5 Å². The molecule has 0 spiro atoms. The normalized spacial score (nSPS) is 14.4. The minimum absolute atomic E-state index is 0.149. The Balaban J connectivity index is 2.21. The van der Waals surface area contributed by atoms with Crippen LogP contribution < -0.4 is 0 Å². The van der Waals surface area contributed by atoms with E-state index < -0.39 is 10.1 Å². The first-order chi connectivity index (χ1) is 10.9. The summed E-state index contributed by atoms with van der Waals surface area (Å²) in [7, 11) is -3.75. The van der Waals surface area contributed by atoms with E-state index in [-0.39, 0.29) is 16.9 Å². The Morgan fingerprint density at radius 1 is 1.00 bits per heavy atom. The maximum absolute atomic E-state index is 12.5. The summed E-state index contributed by atoms with van der Waals surface area (Å²) >= 11 is 0. The van der Waals surface area contributed by atoms with Crippen molar-refractivity contribution in [1.29, 1.82) is 0 Å². The quantitative estimate of drug-likeness (QED) is 0.708. The Kier molecular flexibility index (Phi) is 5.97. The molecule has 0 aliphatic heterocycles. The van der Waals surface area contributed by atoms with E-state index in [0.29, 0.717) is 6.42 Å². The zero-order valence-corrected chi connectivity index (χ0v) is 14.7. The van der Waals surface area contributed by atoms with Crippen LogP contribution in [0.2, 0.25) is 0 Å². The topological polar surface area (TPSA) is 43.4 Å². The standard InChI is InChI=1S/C19H24O3S/c1-4-16(3)19(14-17-8-6-5-7-9-17)22-23(20,21)18-12-10-15(2)11-13-18/h5-13,16,19H,4,14H2,1-3H3. The summed E-state index contributed by atoms with van der Waals surface area (Å²) in [5.41, 5.74) is 2.10. The smallest absolute Gasteiger partial charge is 0.262 e. The van der Waals surface area contributed by atoms with Crippen molar-refractivity contribution in [2.24, 2.45) is 5.92 Å². The zero-order chi connectivity index (χ0) is 16.9. The van der Waals surface area contributed by atoms with Gasteiger partial charge in [-0.2, -0.15) is 8.42 Å². The lowest BCUT2D eigenvalue weighted by atomic mass is 9.96. The van der Waals surface area contributed by atoms with Crippen molar-refractivity contribution in [1.82, 2.24) is 0 Å². The SMILES string of the molecule is CCC(C)C(Cc1ccccc1)OS(=O)(=O)c1ccc(C)cc1. The largest absolute Gasteiger partial charge is 0.297 e. The summed E-state index contributed by atoms with van der Waals surface area (Å²) in [5.74, 6) is 0.149. The van der Waals surface area contributed by atoms with E-state index in [2.05, 4.69) is 0 Å². The van der Waals surface area contributed by atoms with E-state index >= 15 is 0 Å². The molecule has 0 aliphatic rings. The Morgan fingerprint density at radius 2 is 1.61 bits per heavy atom. The fourth-order valence-corrected chi connectivity index (χ4v) is 3.53. The van der Waals surface area contributed by atoms with E-state index in [1.165, 1.54) is 0 Å². The molecule has 4 heteroatoms. The van der Waals surface area contributed by atoms with Crippen LogP contribution in [0.3, 0.4) is 0 Å². The molecule has 2 unspecified atom stereocenters. The second-order valence-electron chi connectivity index (χ2n) is 5.98. The lowest BCUT2D eigenvalue weighted by molar-refractivity contribution is 0.147. The summed E-state index contributed by atoms with van der Waals surface area (Å²) in [6, 6.07) is 16.6. The van der Waals surface area contributed by atoms with Gasteiger partial charge >= 0.3 is 0 Å². The molecule has 2 aromatic carbocycles. The highest BCUT2D eigenvalue weighted by Crippen LogP contribution is 2.23. The monoisotopic (exact) mass is 332 g/mol. The summed E-state index contributed by atoms with van der Waals surface area (Å²) in [5, 5.41) is 0. The van der Waals surface area contributed by atoms with Crippen LogP contribution in [-0.2, 0) is 20.7 Å². The fourth-order valence-electron chi connectivity index (χ4n) is 2.36. The van der Waals surface area contributed by atoms with Crippen LogP contribution in [0, 0.1) is 12.8 Å². The molecule has 0 saturated heterocycles. The minimum Gasteiger partial charge on any atom is -0.262 e. The van der Waals surface area contributed by atoms with Crippen LogP contribution in [0.1, 0.15) is 31.4 Å². The predicted octanol–water partition coefficient (Wildman–Crippen LogP) is 4.36. The summed E-state index contributed by atoms with van der Waals surface area (Å²) in [4.78, 5) is 0.212. The van der Waals surface area contributed by atoms with Gasteiger partial charge < -0.3 is 0 Å². The highest BCUT2D eigenvalue weighted by Gasteiger charge is 2.25. The van der Waals surface area contributed by atoms with Gasteiger partial charge in [-0.15, -0.1) is 0 Å². The fraction of sp³-hybridized carbons (Fsp3) is 0.368. The van der Waals surface area contributed by atoms with Gasteiger partial charge in [0.05, 0.1) is 11.0 Å². The molecular weight excluding hydrogens is 308 g/mol. The molecule has 0 fully saturated rings. The molecule has 124 valence electrons. The van der Waals surface area contributed by atoms with Crippen molar-refractivity contribution in [3.8, 4) is 0 Å². The molecular formula is C19H24O3S. The van der Waals surface area contributed by atoms with E-state index in [1.807, 2.05) is 51.1 Å². The van der Waals surface area contributed by atoms with Crippen molar-refractivity contribution < 1.29 is 12.6 Å². The summed E-state index contributed by atoms with van der Waals surface area (Å²) in [6.07, 6.45) is 1.08. The number of rotatable bonds is 7. The van der Waals surface area contributed by atoms with E-state index in [0.717, 1.165) is 17.5 Å². The number of hydrogen-bond donors (Lipinski definition) is 0. The van der Waals surface area contributed by atoms with Gasteiger partial charge in [0.2, 0.25) is 0 Å². The van der Waals surface area contributed by atoms with E-state index in [1.54, 1.807) is 24.3 Å². The highest BCUT2D eigenvalue weighted by atomic mass is 32.2. The lowest BCUT2D eigenvalue weighted by Gasteiger charge is -2.23. The van der Waals surface area contributed by atoms with Crippen molar-refractivity contribution in [2.75, 3.05) is 0 Å². The average Bonchev–Trinajstić information content (AvgIpc) is 2.54. The Hall–Kier alpha value is -1.65. The first-order valence-electron chi connectivity index (χ1n) is 7.96. The van der Waals surface area contributed by atoms with Gasteiger partial charge in [-0.3, -0.25) is 4.18 Å². The molecule has 0 heterocycles. The molecule has 23 heavy (non-hydrogen) atoms. The molecule has 2 rings (SSSR count). The Morgan fingerprint density at radius 3 is 2.17 bits per heavy atom. The molecule has 0 N–H and O–H groups in total. The van der Waals surface area contributed by atoms with Crippen LogP contribution in [0.4, 0.5) is 0 Å². The third-order valence-corrected chi connectivity index (χ3v) is 5.47. The van der Waals surface area contributed by atoms with Gasteiger partial charge in [0.25, 0.3) is 10.1 Å². The van der Waals surface area contributed by atoms with Crippen LogP contribution in [0.5, 0.6) is 0 Å². The van der Waals surface area contributed by atoms with Crippen LogP contribution >= 0.6 is 0 Å². The van der Waals surface area contributed by atoms with Gasteiger partial charge in [0.1, 0.15) is 0 Å². The molecule has 0 amide bonds. The maximum atomic E-state index is 12.5. The van der Waals surface area contributed by atoms with Crippen molar-refractivity contribution in [2.45, 2.75) is 44.6 Å². The average molecular weight is 332 g/mol. The molecule has 0 saturated carbocycles. The van der Waals surface area contributed by atoms with Gasteiger partial charge in [-0.05, 0) is 30.5 Å². The van der Waals surface area contributed by atoms with Crippen LogP contribution in [0.25, 0.3) is 0 Å². The number of benzene rings is 2. The van der Waals surface area contributed by atoms with Crippen molar-refractivity contribution >= 4 is 10.1 Å². The van der Waals surface area contributed by atoms with Gasteiger partial charge in [0.15, 0.2) is 0 Å². The molecule has 2 atom stereocenters. The number of aryl methyl sites for hydroxylation is 1. The maximum Gasteiger partial charge on any atom is 0.297 e. The van der Waals surface area contributed by atoms with Gasteiger partial charge in [0, 0.05) is 6.42 Å². The van der Waals surface area contributed by atoms with Gasteiger partial charge in [-0.25, -0.2) is 0 Å². The Bertz CT molecular complexity index is 706. The van der Waals surface area contributed by atoms with E-state index in [9.17, 15) is 8.42 Å². The summed E-state index contributed by atoms with van der Waals surface area (Å²) in [6.45, 7) is 6.00. The molecule has 2 aromatic rings. The van der Waals surface area contributed by atoms with E-state index in [4.69, 9.17) is 4.18 Å². The molecule has 0 bridgehead atoms. The second kappa shape index (κ2) is 7.75. The molecule has 0 aromatic heterocycles. The minimum atomic E-state index is -3.75. The van der Waals surface area contributed by atoms with Gasteiger partial charge in [-0.1, -0.05) is 68.3 Å². The third kappa shape index (κ3) is 4.91. The molecule has 0 radical (unpaired) electrons. The number of hydrogen-bond acceptors (Lipinski definition) is 3. The first kappa shape index (κ1) is 17.7. The zero-order valence-electron chi connectivity index (χ0n) is 13.9. The lowest BCUT2D eigenvalue weighted by Crippen LogP contribution is -2.27. The third-order valence-electron chi connectivity index (χ3n) is 4.12. The van der Waals surface area contributed by atoms with Crippen LogP contribution in [-0.4, -0.2) is 14.5 Å². The Labute approximate surface area is 139 Å². The van der Waals surface area contributed by atoms with Crippen molar-refractivity contribution in [3.63, 3.8) is 0 Å². The second-order valence-corrected chi connectivity index (χ2v) is 7.55. The molecule has 0 aliphatic carbocycles. The highest BCUT2D eigenvalue weighted by molar-refractivity contribution is 7.86. The predicted molar refractivity (Wildman–Crippen MR) is 92.8 cm³/mol.